The molecule has 120 valence electrons. The van der Waals surface area contributed by atoms with E-state index >= 15 is 0 Å². The van der Waals surface area contributed by atoms with Crippen molar-refractivity contribution in [2.75, 3.05) is 31.8 Å². The summed E-state index contributed by atoms with van der Waals surface area (Å²) in [6.07, 6.45) is 0.865. The predicted octanol–water partition coefficient (Wildman–Crippen LogP) is 2.31. The molecule has 7 heteroatoms. The van der Waals surface area contributed by atoms with Gasteiger partial charge in [0.15, 0.2) is 5.75 Å². The maximum Gasteiger partial charge on any atom is 0.263 e. The molecule has 1 amide bonds. The third-order valence-corrected chi connectivity index (χ3v) is 4.00. The molecule has 0 saturated carbocycles. The van der Waals surface area contributed by atoms with Crippen LogP contribution in [0.5, 0.6) is 5.75 Å². The molecule has 4 N–H and O–H groups in total. The van der Waals surface area contributed by atoms with E-state index in [1.165, 1.54) is 11.3 Å². The molecule has 0 spiro atoms. The number of rotatable bonds is 8. The standard InChI is InChI=1S/C14H25N3O3S/c1-6-9(7-19-5)17-14-11(20-8(2)3)10(15)12(21-14)13(18)16-4/h8-9,17H,6-7,15H2,1-5H3,(H,16,18). The Balaban J connectivity index is 3.12. The average Bonchev–Trinajstić information content (AvgIpc) is 2.74. The highest BCUT2D eigenvalue weighted by Gasteiger charge is 2.23. The quantitative estimate of drug-likeness (QED) is 0.685. The van der Waals surface area contributed by atoms with Gasteiger partial charge in [-0.3, -0.25) is 4.79 Å². The molecule has 0 radical (unpaired) electrons. The molecule has 0 bridgehead atoms. The van der Waals surface area contributed by atoms with Crippen molar-refractivity contribution in [3.8, 4) is 5.75 Å². The van der Waals surface area contributed by atoms with E-state index in [4.69, 9.17) is 15.2 Å². The van der Waals surface area contributed by atoms with Crippen molar-refractivity contribution in [1.82, 2.24) is 5.32 Å². The molecule has 0 aliphatic rings. The summed E-state index contributed by atoms with van der Waals surface area (Å²) in [5.74, 6) is 0.335. The summed E-state index contributed by atoms with van der Waals surface area (Å²) in [5.41, 5.74) is 6.45. The van der Waals surface area contributed by atoms with Gasteiger partial charge in [-0.2, -0.15) is 0 Å². The normalized spacial score (nSPS) is 12.3. The Morgan fingerprint density at radius 1 is 1.43 bits per heavy atom. The van der Waals surface area contributed by atoms with E-state index in [2.05, 4.69) is 17.6 Å². The summed E-state index contributed by atoms with van der Waals surface area (Å²) in [7, 11) is 3.24. The first-order valence-corrected chi connectivity index (χ1v) is 7.82. The monoisotopic (exact) mass is 315 g/mol. The number of amides is 1. The Kier molecular flexibility index (Phi) is 6.77. The van der Waals surface area contributed by atoms with Crippen LogP contribution in [0.4, 0.5) is 10.7 Å². The number of hydrogen-bond donors (Lipinski definition) is 3. The van der Waals surface area contributed by atoms with Crippen LogP contribution < -0.4 is 21.1 Å². The number of methoxy groups -OCH3 is 1. The number of nitrogens with one attached hydrogen (secondary N) is 2. The lowest BCUT2D eigenvalue weighted by molar-refractivity contribution is 0.0967. The zero-order valence-corrected chi connectivity index (χ0v) is 14.1. The highest BCUT2D eigenvalue weighted by molar-refractivity contribution is 7.19. The second-order valence-corrected chi connectivity index (χ2v) is 5.97. The number of thiophene rings is 1. The van der Waals surface area contributed by atoms with E-state index in [9.17, 15) is 4.79 Å². The molecule has 0 aliphatic carbocycles. The van der Waals surface area contributed by atoms with Crippen molar-refractivity contribution in [3.05, 3.63) is 4.88 Å². The lowest BCUT2D eigenvalue weighted by Gasteiger charge is -2.18. The van der Waals surface area contributed by atoms with Crippen molar-refractivity contribution < 1.29 is 14.3 Å². The van der Waals surface area contributed by atoms with Gasteiger partial charge >= 0.3 is 0 Å². The zero-order chi connectivity index (χ0) is 16.0. The molecule has 1 unspecified atom stereocenters. The molecule has 1 heterocycles. The van der Waals surface area contributed by atoms with Gasteiger partial charge < -0.3 is 25.8 Å². The number of ether oxygens (including phenoxy) is 2. The number of nitrogens with two attached hydrogens (primary N) is 1. The van der Waals surface area contributed by atoms with Crippen LogP contribution >= 0.6 is 11.3 Å². The van der Waals surface area contributed by atoms with Gasteiger partial charge in [0, 0.05) is 14.2 Å². The summed E-state index contributed by atoms with van der Waals surface area (Å²) in [4.78, 5) is 12.3. The maximum atomic E-state index is 11.9. The first-order chi connectivity index (χ1) is 9.94. The third-order valence-electron chi connectivity index (χ3n) is 2.88. The van der Waals surface area contributed by atoms with Crippen molar-refractivity contribution >= 4 is 27.9 Å². The van der Waals surface area contributed by atoms with E-state index in [0.29, 0.717) is 22.9 Å². The van der Waals surface area contributed by atoms with Crippen LogP contribution in [0.15, 0.2) is 0 Å². The van der Waals surface area contributed by atoms with Crippen LogP contribution in [0.3, 0.4) is 0 Å². The van der Waals surface area contributed by atoms with Gasteiger partial charge in [-0.1, -0.05) is 6.92 Å². The molecule has 0 aliphatic heterocycles. The molecule has 6 nitrogen and oxygen atoms in total. The van der Waals surface area contributed by atoms with Crippen LogP contribution in [-0.4, -0.2) is 38.8 Å². The Bertz CT molecular complexity index is 474. The highest BCUT2D eigenvalue weighted by atomic mass is 32.1. The van der Waals surface area contributed by atoms with Gasteiger partial charge in [0.1, 0.15) is 15.6 Å². The molecule has 21 heavy (non-hydrogen) atoms. The van der Waals surface area contributed by atoms with Crippen molar-refractivity contribution in [1.29, 1.82) is 0 Å². The minimum atomic E-state index is -0.209. The average molecular weight is 315 g/mol. The molecule has 0 saturated heterocycles. The fraction of sp³-hybridized carbons (Fsp3) is 0.643. The van der Waals surface area contributed by atoms with Crippen molar-refractivity contribution in [3.63, 3.8) is 0 Å². The van der Waals surface area contributed by atoms with Crippen molar-refractivity contribution in [2.45, 2.75) is 39.3 Å². The largest absolute Gasteiger partial charge is 0.486 e. The molecular formula is C14H25N3O3S. The predicted molar refractivity (Wildman–Crippen MR) is 87.5 cm³/mol. The third kappa shape index (κ3) is 4.50. The number of nitrogen functional groups attached to an aromatic ring is 1. The maximum absolute atomic E-state index is 11.9. The minimum Gasteiger partial charge on any atom is -0.486 e. The lowest BCUT2D eigenvalue weighted by atomic mass is 10.2. The molecule has 1 rings (SSSR count). The first kappa shape index (κ1) is 17.6. The topological polar surface area (TPSA) is 85.6 Å². The molecule has 0 fully saturated rings. The summed E-state index contributed by atoms with van der Waals surface area (Å²) < 4.78 is 11.0. The fourth-order valence-corrected chi connectivity index (χ4v) is 2.88. The molecule has 1 aromatic rings. The highest BCUT2D eigenvalue weighted by Crippen LogP contribution is 2.43. The lowest BCUT2D eigenvalue weighted by Crippen LogP contribution is -2.23. The van der Waals surface area contributed by atoms with Gasteiger partial charge in [-0.15, -0.1) is 11.3 Å². The minimum absolute atomic E-state index is 0.0255. The van der Waals surface area contributed by atoms with Crippen LogP contribution in [0.1, 0.15) is 36.9 Å². The van der Waals surface area contributed by atoms with Crippen molar-refractivity contribution in [2.24, 2.45) is 0 Å². The smallest absolute Gasteiger partial charge is 0.263 e. The van der Waals surface area contributed by atoms with E-state index < -0.39 is 0 Å². The van der Waals surface area contributed by atoms with E-state index in [1.807, 2.05) is 13.8 Å². The van der Waals surface area contributed by atoms with Crippen LogP contribution in [0.2, 0.25) is 0 Å². The second-order valence-electron chi connectivity index (χ2n) is 4.95. The van der Waals surface area contributed by atoms with Crippen LogP contribution in [0, 0.1) is 0 Å². The first-order valence-electron chi connectivity index (χ1n) is 7.00. The Hall–Kier alpha value is -1.47. The van der Waals surface area contributed by atoms with Crippen LogP contribution in [0.25, 0.3) is 0 Å². The summed E-state index contributed by atoms with van der Waals surface area (Å²) in [5, 5.41) is 6.71. The Morgan fingerprint density at radius 3 is 2.57 bits per heavy atom. The summed E-state index contributed by atoms with van der Waals surface area (Å²) in [6.45, 7) is 6.49. The summed E-state index contributed by atoms with van der Waals surface area (Å²) in [6, 6.07) is 0.139. The van der Waals surface area contributed by atoms with Gasteiger partial charge in [0.25, 0.3) is 5.91 Å². The van der Waals surface area contributed by atoms with E-state index in [1.54, 1.807) is 14.2 Å². The molecular weight excluding hydrogens is 290 g/mol. The summed E-state index contributed by atoms with van der Waals surface area (Å²) >= 11 is 1.30. The SMILES string of the molecule is CCC(COC)Nc1sc(C(=O)NC)c(N)c1OC(C)C. The molecule has 0 aromatic carbocycles. The van der Waals surface area contributed by atoms with Gasteiger partial charge in [0.2, 0.25) is 0 Å². The van der Waals surface area contributed by atoms with Crippen LogP contribution in [-0.2, 0) is 4.74 Å². The Morgan fingerprint density at radius 2 is 2.10 bits per heavy atom. The van der Waals surface area contributed by atoms with Gasteiger partial charge in [-0.05, 0) is 20.3 Å². The number of carbonyl (C=O) groups is 1. The van der Waals surface area contributed by atoms with E-state index in [0.717, 1.165) is 11.4 Å². The molecule has 1 aromatic heterocycles. The molecule has 1 atom stereocenters. The van der Waals surface area contributed by atoms with E-state index in [-0.39, 0.29) is 18.1 Å². The number of carbonyl (C=O) groups excluding carboxylic acids is 1. The van der Waals surface area contributed by atoms with Gasteiger partial charge in [0.05, 0.1) is 18.8 Å². The zero-order valence-electron chi connectivity index (χ0n) is 13.3. The number of anilines is 2. The Labute approximate surface area is 130 Å². The second kappa shape index (κ2) is 8.09. The fourth-order valence-electron chi connectivity index (χ4n) is 1.81. The number of hydrogen-bond acceptors (Lipinski definition) is 6. The van der Waals surface area contributed by atoms with Gasteiger partial charge in [-0.25, -0.2) is 0 Å².